The number of nitrogens with one attached hydrogen (secondary N) is 2. The molecular formula is C17H33N3. The van der Waals surface area contributed by atoms with E-state index in [1.807, 2.05) is 19.2 Å². The van der Waals surface area contributed by atoms with Crippen LogP contribution >= 0.6 is 0 Å². The summed E-state index contributed by atoms with van der Waals surface area (Å²) in [4.78, 5) is 4.23. The summed E-state index contributed by atoms with van der Waals surface area (Å²) in [6.45, 7) is 18.0. The Morgan fingerprint density at radius 3 is 2.35 bits per heavy atom. The first-order valence-corrected chi connectivity index (χ1v) is 7.82. The molecular weight excluding hydrogens is 246 g/mol. The molecule has 0 aliphatic heterocycles. The molecule has 0 bridgehead atoms. The van der Waals surface area contributed by atoms with Gasteiger partial charge in [-0.15, -0.1) is 0 Å². The van der Waals surface area contributed by atoms with Gasteiger partial charge in [0.1, 0.15) is 5.82 Å². The zero-order valence-electron chi connectivity index (χ0n) is 14.2. The van der Waals surface area contributed by atoms with Crippen LogP contribution in [0.5, 0.6) is 0 Å². The molecule has 0 radical (unpaired) electrons. The Kier molecular flexibility index (Phi) is 9.87. The quantitative estimate of drug-likeness (QED) is 0.591. The van der Waals surface area contributed by atoms with E-state index in [2.05, 4.69) is 56.8 Å². The molecule has 0 aromatic heterocycles. The second-order valence-corrected chi connectivity index (χ2v) is 5.81. The molecule has 2 unspecified atom stereocenters. The average molecular weight is 279 g/mol. The van der Waals surface area contributed by atoms with Crippen LogP contribution in [0.25, 0.3) is 0 Å². The molecule has 0 heterocycles. The molecule has 3 nitrogen and oxygen atoms in total. The lowest BCUT2D eigenvalue weighted by Gasteiger charge is -2.24. The van der Waals surface area contributed by atoms with Crippen LogP contribution in [0, 0.1) is 11.8 Å². The number of rotatable bonds is 10. The summed E-state index contributed by atoms with van der Waals surface area (Å²) in [5, 5.41) is 6.85. The molecule has 0 fully saturated rings. The summed E-state index contributed by atoms with van der Waals surface area (Å²) in [5.41, 5.74) is 1.01. The molecule has 0 rings (SSSR count). The molecule has 0 saturated heterocycles. The fourth-order valence-corrected chi connectivity index (χ4v) is 1.79. The highest BCUT2D eigenvalue weighted by Crippen LogP contribution is 2.16. The van der Waals surface area contributed by atoms with Crippen LogP contribution in [0.4, 0.5) is 0 Å². The van der Waals surface area contributed by atoms with Gasteiger partial charge in [-0.3, -0.25) is 4.99 Å². The van der Waals surface area contributed by atoms with Gasteiger partial charge in [-0.2, -0.15) is 0 Å². The van der Waals surface area contributed by atoms with Gasteiger partial charge in [-0.25, -0.2) is 0 Å². The van der Waals surface area contributed by atoms with Crippen molar-refractivity contribution in [1.82, 2.24) is 10.6 Å². The third kappa shape index (κ3) is 8.78. The summed E-state index contributed by atoms with van der Waals surface area (Å²) >= 11 is 0. The highest BCUT2D eigenvalue weighted by atomic mass is 15.1. The highest BCUT2D eigenvalue weighted by Gasteiger charge is 2.12. The van der Waals surface area contributed by atoms with E-state index in [0.29, 0.717) is 17.9 Å². The lowest BCUT2D eigenvalue weighted by molar-refractivity contribution is 0.349. The molecule has 0 aliphatic rings. The van der Waals surface area contributed by atoms with Crippen LogP contribution in [0.3, 0.4) is 0 Å². The van der Waals surface area contributed by atoms with Gasteiger partial charge in [-0.05, 0) is 44.6 Å². The van der Waals surface area contributed by atoms with Crippen molar-refractivity contribution in [2.45, 2.75) is 60.4 Å². The van der Waals surface area contributed by atoms with Gasteiger partial charge in [-0.1, -0.05) is 34.3 Å². The van der Waals surface area contributed by atoms with Crippen LogP contribution in [-0.2, 0) is 0 Å². The predicted molar refractivity (Wildman–Crippen MR) is 90.9 cm³/mol. The molecule has 0 spiro atoms. The van der Waals surface area contributed by atoms with E-state index in [0.717, 1.165) is 30.9 Å². The van der Waals surface area contributed by atoms with E-state index in [4.69, 9.17) is 0 Å². The third-order valence-electron chi connectivity index (χ3n) is 3.53. The minimum atomic E-state index is 0.422. The Morgan fingerprint density at radius 1 is 1.20 bits per heavy atom. The van der Waals surface area contributed by atoms with E-state index in [1.165, 1.54) is 0 Å². The Balaban J connectivity index is 4.58. The van der Waals surface area contributed by atoms with Crippen LogP contribution in [0.1, 0.15) is 54.4 Å². The summed E-state index contributed by atoms with van der Waals surface area (Å²) in [7, 11) is 0. The van der Waals surface area contributed by atoms with Gasteiger partial charge in [0.25, 0.3) is 0 Å². The monoisotopic (exact) mass is 279 g/mol. The number of allylic oxidation sites excluding steroid dienone is 2. The number of hydrogen-bond acceptors (Lipinski definition) is 3. The second kappa shape index (κ2) is 10.5. The maximum absolute atomic E-state index is 4.23. The van der Waals surface area contributed by atoms with Crippen molar-refractivity contribution in [1.29, 1.82) is 0 Å². The van der Waals surface area contributed by atoms with E-state index in [9.17, 15) is 0 Å². The molecule has 3 heteroatoms. The zero-order chi connectivity index (χ0) is 15.5. The standard InChI is InChI=1S/C17H33N3/c1-8-15(6)19-17(10-11-18-9-2)20-16(7)12-14(5)13(3)4/h10-11,13-14,16,19-20H,6,8-9,12H2,1-5,7H3. The number of aliphatic imine (C=N–C) groups is 1. The topological polar surface area (TPSA) is 36.4 Å². The van der Waals surface area contributed by atoms with Gasteiger partial charge in [0.15, 0.2) is 0 Å². The number of nitrogens with zero attached hydrogens (tertiary/aromatic N) is 1. The van der Waals surface area contributed by atoms with E-state index in [-0.39, 0.29) is 0 Å². The van der Waals surface area contributed by atoms with Crippen molar-refractivity contribution in [2.24, 2.45) is 16.8 Å². The Morgan fingerprint density at radius 2 is 1.85 bits per heavy atom. The zero-order valence-corrected chi connectivity index (χ0v) is 14.2. The van der Waals surface area contributed by atoms with Crippen LogP contribution in [0.2, 0.25) is 0 Å². The lowest BCUT2D eigenvalue weighted by atomic mass is 9.92. The van der Waals surface area contributed by atoms with Crippen molar-refractivity contribution < 1.29 is 0 Å². The van der Waals surface area contributed by atoms with Crippen LogP contribution in [0.15, 0.2) is 29.2 Å². The summed E-state index contributed by atoms with van der Waals surface area (Å²) in [5.74, 6) is 2.40. The molecule has 2 N–H and O–H groups in total. The third-order valence-corrected chi connectivity index (χ3v) is 3.53. The van der Waals surface area contributed by atoms with E-state index < -0.39 is 0 Å². The first-order chi connectivity index (χ1) is 9.40. The first-order valence-electron chi connectivity index (χ1n) is 7.82. The molecule has 0 saturated carbocycles. The minimum absolute atomic E-state index is 0.422. The fraction of sp³-hybridized carbons (Fsp3) is 0.706. The molecule has 0 aromatic carbocycles. The Hall–Kier alpha value is -1.25. The Labute approximate surface area is 125 Å². The summed E-state index contributed by atoms with van der Waals surface area (Å²) < 4.78 is 0. The molecule has 2 atom stereocenters. The van der Waals surface area contributed by atoms with Crippen molar-refractivity contribution in [3.63, 3.8) is 0 Å². The molecule has 0 aromatic rings. The number of hydrogen-bond donors (Lipinski definition) is 2. The van der Waals surface area contributed by atoms with Crippen molar-refractivity contribution in [2.75, 3.05) is 6.54 Å². The fourth-order valence-electron chi connectivity index (χ4n) is 1.79. The molecule has 116 valence electrons. The normalized spacial score (nSPS) is 15.4. The average Bonchev–Trinajstić information content (AvgIpc) is 2.38. The van der Waals surface area contributed by atoms with Gasteiger partial charge >= 0.3 is 0 Å². The summed E-state index contributed by atoms with van der Waals surface area (Å²) in [6, 6.07) is 0.422. The van der Waals surface area contributed by atoms with Gasteiger partial charge in [0.05, 0.1) is 0 Å². The minimum Gasteiger partial charge on any atom is -0.369 e. The SMILES string of the molecule is C=C(CC)NC(=CC=NCC)NC(C)CC(C)C(C)C. The first kappa shape index (κ1) is 18.8. The van der Waals surface area contributed by atoms with Gasteiger partial charge < -0.3 is 10.6 Å². The molecule has 20 heavy (non-hydrogen) atoms. The van der Waals surface area contributed by atoms with Crippen molar-refractivity contribution >= 4 is 6.21 Å². The largest absolute Gasteiger partial charge is 0.369 e. The van der Waals surface area contributed by atoms with Crippen LogP contribution < -0.4 is 10.6 Å². The smallest absolute Gasteiger partial charge is 0.105 e. The lowest BCUT2D eigenvalue weighted by Crippen LogP contribution is -2.34. The van der Waals surface area contributed by atoms with E-state index in [1.54, 1.807) is 0 Å². The van der Waals surface area contributed by atoms with Crippen LogP contribution in [-0.4, -0.2) is 18.8 Å². The van der Waals surface area contributed by atoms with Gasteiger partial charge in [0, 0.05) is 24.5 Å². The predicted octanol–water partition coefficient (Wildman–Crippen LogP) is 4.09. The molecule has 0 amide bonds. The maximum atomic E-state index is 4.23. The van der Waals surface area contributed by atoms with Crippen molar-refractivity contribution in [3.8, 4) is 0 Å². The van der Waals surface area contributed by atoms with E-state index >= 15 is 0 Å². The second-order valence-electron chi connectivity index (χ2n) is 5.81. The van der Waals surface area contributed by atoms with Gasteiger partial charge in [0.2, 0.25) is 0 Å². The maximum Gasteiger partial charge on any atom is 0.105 e. The highest BCUT2D eigenvalue weighted by molar-refractivity contribution is 5.71. The Bertz CT molecular complexity index is 329. The summed E-state index contributed by atoms with van der Waals surface area (Å²) in [6.07, 6.45) is 5.90. The van der Waals surface area contributed by atoms with Crippen molar-refractivity contribution in [3.05, 3.63) is 24.2 Å². The molecule has 0 aliphatic carbocycles.